The van der Waals surface area contributed by atoms with Crippen LogP contribution in [-0.4, -0.2) is 27.3 Å². The van der Waals surface area contributed by atoms with Gasteiger partial charge in [-0.05, 0) is 0 Å². The van der Waals surface area contributed by atoms with Crippen molar-refractivity contribution in [2.45, 2.75) is 0 Å². The third-order valence-corrected chi connectivity index (χ3v) is 0. The van der Waals surface area contributed by atoms with Crippen molar-refractivity contribution < 1.29 is 29.6 Å². The molecule has 0 aliphatic rings. The van der Waals surface area contributed by atoms with E-state index in [1.807, 2.05) is 0 Å². The van der Waals surface area contributed by atoms with Gasteiger partial charge in [-0.2, -0.15) is 0 Å². The van der Waals surface area contributed by atoms with Gasteiger partial charge in [0.25, 0.3) is 0 Å². The van der Waals surface area contributed by atoms with Gasteiger partial charge in [0.05, 0.1) is 0 Å². The van der Waals surface area contributed by atoms with Gasteiger partial charge in [0.2, 0.25) is 0 Å². The molecule has 0 unspecified atom stereocenters. The van der Waals surface area contributed by atoms with Gasteiger partial charge in [0, 0.05) is 0 Å². The van der Waals surface area contributed by atoms with Crippen LogP contribution >= 0.6 is 17.8 Å². The standard InChI is InChI=1S/BH4.2ClH.Na.Sn/h1H4;2*1H;;/q-1;;;+1;+2/p-2. The van der Waals surface area contributed by atoms with Crippen molar-refractivity contribution in [3.05, 3.63) is 0 Å². The third kappa shape index (κ3) is 21.3. The molecular formula is H4BCl2NaSn. The van der Waals surface area contributed by atoms with Gasteiger partial charge in [-0.3, -0.25) is 0 Å². The van der Waals surface area contributed by atoms with E-state index in [9.17, 15) is 0 Å². The summed E-state index contributed by atoms with van der Waals surface area (Å²) in [6.45, 7) is 0. The largest absolute Gasteiger partial charge is 1.00 e. The second kappa shape index (κ2) is 16.1. The molecule has 0 fully saturated rings. The molecule has 26 valence electrons. The predicted molar refractivity (Wildman–Crippen MR) is 28.8 cm³/mol. The minimum Gasteiger partial charge on any atom is 1.00 e. The van der Waals surface area contributed by atoms with Gasteiger partial charge in [0.1, 0.15) is 0 Å². The molecule has 5 heavy (non-hydrogen) atoms. The molecule has 0 rings (SSSR count). The Kier molecular flexibility index (Phi) is 50.4. The predicted octanol–water partition coefficient (Wildman–Crippen LogP) is -3.45. The molecule has 0 heterocycles. The van der Waals surface area contributed by atoms with Crippen molar-refractivity contribution in [1.29, 1.82) is 0 Å². The van der Waals surface area contributed by atoms with Crippen LogP contribution in [0.25, 0.3) is 0 Å². The summed E-state index contributed by atoms with van der Waals surface area (Å²) in [5.74, 6) is 0. The summed E-state index contributed by atoms with van der Waals surface area (Å²) in [5, 5.41) is 0. The van der Waals surface area contributed by atoms with E-state index in [1.165, 1.54) is 0 Å². The molecule has 0 saturated carbocycles. The fourth-order valence-corrected chi connectivity index (χ4v) is 0. The smallest absolute Gasteiger partial charge is 1.00 e. The Morgan fingerprint density at radius 1 is 1.20 bits per heavy atom. The molecule has 0 aromatic carbocycles. The van der Waals surface area contributed by atoms with Crippen molar-refractivity contribution in [3.8, 4) is 0 Å². The average molecular weight is 227 g/mol. The quantitative estimate of drug-likeness (QED) is 0.378. The normalized spacial score (nSPS) is 3.60. The molecule has 0 nitrogen and oxygen atoms in total. The summed E-state index contributed by atoms with van der Waals surface area (Å²) in [6.07, 6.45) is 0. The summed E-state index contributed by atoms with van der Waals surface area (Å²) in [5.41, 5.74) is 0. The summed E-state index contributed by atoms with van der Waals surface area (Å²) < 4.78 is 0. The maximum Gasteiger partial charge on any atom is 1.00 e. The van der Waals surface area contributed by atoms with Crippen LogP contribution in [-0.2, 0) is 0 Å². The van der Waals surface area contributed by atoms with Crippen LogP contribution in [0.2, 0.25) is 0 Å². The first-order valence-electron chi connectivity index (χ1n) is 0.378. The topological polar surface area (TPSA) is 0 Å². The van der Waals surface area contributed by atoms with Gasteiger partial charge < -0.3 is 0 Å². The molecule has 2 radical (unpaired) electrons. The van der Waals surface area contributed by atoms with Crippen molar-refractivity contribution in [3.63, 3.8) is 0 Å². The Labute approximate surface area is 73.5 Å². The van der Waals surface area contributed by atoms with Gasteiger partial charge in [-0.25, -0.2) is 0 Å². The van der Waals surface area contributed by atoms with E-state index in [4.69, 9.17) is 17.8 Å². The number of halogens is 2. The van der Waals surface area contributed by atoms with E-state index in [1.54, 1.807) is 0 Å². The van der Waals surface area contributed by atoms with Crippen LogP contribution in [0.4, 0.5) is 0 Å². The molecule has 0 bridgehead atoms. The van der Waals surface area contributed by atoms with E-state index in [0.29, 0.717) is 0 Å². The zero-order chi connectivity index (χ0) is 2.71. The maximum absolute atomic E-state index is 4.93. The monoisotopic (exact) mass is 228 g/mol. The van der Waals surface area contributed by atoms with E-state index in [-0.39, 0.29) is 38.0 Å². The number of hydrogen-bond acceptors (Lipinski definition) is 0. The Bertz CT molecular complexity index is 9.61. The third-order valence-electron chi connectivity index (χ3n) is 0. The first-order chi connectivity index (χ1) is 1.41. The van der Waals surface area contributed by atoms with E-state index in [2.05, 4.69) is 0 Å². The van der Waals surface area contributed by atoms with Gasteiger partial charge in [-0.15, -0.1) is 0 Å². The molecule has 0 aromatic rings. The zero-order valence-electron chi connectivity index (χ0n) is 2.26. The second-order valence-electron chi connectivity index (χ2n) is 0.0714. The van der Waals surface area contributed by atoms with Crippen LogP contribution in [0.3, 0.4) is 0 Å². The molecule has 0 aromatic heterocycles. The van der Waals surface area contributed by atoms with Crippen LogP contribution in [0.5, 0.6) is 0 Å². The van der Waals surface area contributed by atoms with Crippen molar-refractivity contribution in [2.24, 2.45) is 0 Å². The number of rotatable bonds is 0. The van der Waals surface area contributed by atoms with E-state index < -0.39 is 18.9 Å². The molecule has 5 heteroatoms. The Morgan fingerprint density at radius 3 is 1.20 bits per heavy atom. The molecule has 0 N–H and O–H groups in total. The SMILES string of the molecule is [BH4-].[Cl][Sn][Cl].[Na+]. The minimum atomic E-state index is -0.826. The van der Waals surface area contributed by atoms with Crippen LogP contribution < -0.4 is 29.6 Å². The van der Waals surface area contributed by atoms with E-state index >= 15 is 0 Å². The average Bonchev–Trinajstić information content (AvgIpc) is 0.918. The minimum absolute atomic E-state index is 0. The molecule has 0 aliphatic carbocycles. The fourth-order valence-electron chi connectivity index (χ4n) is 0. The first kappa shape index (κ1) is 15.7. The van der Waals surface area contributed by atoms with Gasteiger partial charge in [-0.1, -0.05) is 8.41 Å². The Hall–Kier alpha value is 2.44. The Morgan fingerprint density at radius 2 is 1.20 bits per heavy atom. The molecule has 0 saturated heterocycles. The van der Waals surface area contributed by atoms with E-state index in [0.717, 1.165) is 0 Å². The zero-order valence-corrected chi connectivity index (χ0v) is 8.62. The van der Waals surface area contributed by atoms with Crippen molar-refractivity contribution >= 4 is 45.1 Å². The first-order valence-corrected chi connectivity index (χ1v) is 7.61. The molecule has 0 atom stereocenters. The second-order valence-corrected chi connectivity index (χ2v) is 4.31. The van der Waals surface area contributed by atoms with Crippen LogP contribution in [0.1, 0.15) is 0 Å². The van der Waals surface area contributed by atoms with Gasteiger partial charge >= 0.3 is 66.3 Å². The Balaban J connectivity index is -0.0000000200. The molecule has 0 spiro atoms. The van der Waals surface area contributed by atoms with Crippen molar-refractivity contribution in [2.75, 3.05) is 0 Å². The fraction of sp³-hybridized carbons (Fsp3) is 0. The molecule has 0 amide bonds. The van der Waals surface area contributed by atoms with Gasteiger partial charge in [0.15, 0.2) is 0 Å². The summed E-state index contributed by atoms with van der Waals surface area (Å²) >= 11 is -0.826. The molecular weight excluding hydrogens is 223 g/mol. The van der Waals surface area contributed by atoms with Crippen molar-refractivity contribution in [1.82, 2.24) is 0 Å². The summed E-state index contributed by atoms with van der Waals surface area (Å²) in [6, 6.07) is 0. The maximum atomic E-state index is 4.93. The molecule has 0 aliphatic heterocycles. The van der Waals surface area contributed by atoms with Crippen LogP contribution in [0, 0.1) is 0 Å². The van der Waals surface area contributed by atoms with Crippen LogP contribution in [0.15, 0.2) is 0 Å². The summed E-state index contributed by atoms with van der Waals surface area (Å²) in [7, 11) is 9.87. The summed E-state index contributed by atoms with van der Waals surface area (Å²) in [4.78, 5) is 0. The number of hydrogen-bond donors (Lipinski definition) is 0.